The number of nitrogens with two attached hydrogens (primary N) is 1. The number of carbonyl (C=O) groups excluding carboxylic acids is 1. The number of aromatic nitrogens is 2. The maximum atomic E-state index is 14.0. The summed E-state index contributed by atoms with van der Waals surface area (Å²) < 4.78 is 14.0. The van der Waals surface area contributed by atoms with Crippen molar-refractivity contribution in [1.82, 2.24) is 15.5 Å². The van der Waals surface area contributed by atoms with E-state index in [4.69, 9.17) is 5.73 Å². The molecule has 0 aliphatic rings. The van der Waals surface area contributed by atoms with Crippen LogP contribution in [0.3, 0.4) is 0 Å². The van der Waals surface area contributed by atoms with Crippen LogP contribution in [0.5, 0.6) is 0 Å². The summed E-state index contributed by atoms with van der Waals surface area (Å²) in [5.74, 6) is -0.901. The van der Waals surface area contributed by atoms with Gasteiger partial charge >= 0.3 is 0 Å². The van der Waals surface area contributed by atoms with Gasteiger partial charge in [-0.05, 0) is 34.9 Å². The summed E-state index contributed by atoms with van der Waals surface area (Å²) in [4.78, 5) is 12.3. The highest BCUT2D eigenvalue weighted by atomic mass is 32.1. The van der Waals surface area contributed by atoms with Gasteiger partial charge in [0.25, 0.3) is 5.91 Å². The number of hydrogen-bond donors (Lipinski definition) is 3. The van der Waals surface area contributed by atoms with Gasteiger partial charge in [-0.25, -0.2) is 4.39 Å². The normalized spacial score (nSPS) is 10.7. The van der Waals surface area contributed by atoms with Crippen LogP contribution in [-0.2, 0) is 13.0 Å². The standard InChI is InChI=1S/C18H17FN4O2S/c19-14-8-12(15-4-2-1-3-11(15)10-24)7-13(9-14)17(25)21-6-5-16-22-23-18(20)26-16/h1-4,7-9,24H,5-6,10H2,(H2,20,23)(H,21,25). The second-order valence-electron chi connectivity index (χ2n) is 5.58. The van der Waals surface area contributed by atoms with Crippen molar-refractivity contribution in [3.63, 3.8) is 0 Å². The predicted octanol–water partition coefficient (Wildman–Crippen LogP) is 2.39. The molecule has 0 unspecified atom stereocenters. The monoisotopic (exact) mass is 372 g/mol. The van der Waals surface area contributed by atoms with Gasteiger partial charge < -0.3 is 16.2 Å². The van der Waals surface area contributed by atoms with Crippen molar-refractivity contribution in [3.05, 3.63) is 64.4 Å². The van der Waals surface area contributed by atoms with Crippen molar-refractivity contribution in [1.29, 1.82) is 0 Å². The highest BCUT2D eigenvalue weighted by molar-refractivity contribution is 7.15. The number of nitrogens with one attached hydrogen (secondary N) is 1. The minimum atomic E-state index is -0.516. The molecule has 3 aromatic rings. The van der Waals surface area contributed by atoms with Crippen LogP contribution in [0.4, 0.5) is 9.52 Å². The molecule has 2 aromatic carbocycles. The lowest BCUT2D eigenvalue weighted by atomic mass is 9.98. The molecule has 0 saturated carbocycles. The number of aliphatic hydroxyl groups is 1. The molecule has 0 aliphatic carbocycles. The number of amides is 1. The Labute approximate surface area is 153 Å². The molecule has 0 fully saturated rings. The molecule has 134 valence electrons. The van der Waals surface area contributed by atoms with Gasteiger partial charge in [0, 0.05) is 18.5 Å². The number of halogens is 1. The van der Waals surface area contributed by atoms with Gasteiger partial charge in [0.2, 0.25) is 5.13 Å². The zero-order chi connectivity index (χ0) is 18.5. The Morgan fingerprint density at radius 2 is 2.04 bits per heavy atom. The van der Waals surface area contributed by atoms with Crippen LogP contribution in [0.1, 0.15) is 20.9 Å². The minimum Gasteiger partial charge on any atom is -0.392 e. The zero-order valence-electron chi connectivity index (χ0n) is 13.8. The molecule has 26 heavy (non-hydrogen) atoms. The van der Waals surface area contributed by atoms with Crippen LogP contribution >= 0.6 is 11.3 Å². The molecule has 1 amide bonds. The van der Waals surface area contributed by atoms with Crippen LogP contribution < -0.4 is 11.1 Å². The Balaban J connectivity index is 1.75. The Kier molecular flexibility index (Phi) is 5.55. The summed E-state index contributed by atoms with van der Waals surface area (Å²) in [5, 5.41) is 20.9. The first kappa shape index (κ1) is 18.0. The number of anilines is 1. The number of nitrogens with zero attached hydrogens (tertiary/aromatic N) is 2. The number of carbonyl (C=O) groups is 1. The number of benzene rings is 2. The van der Waals surface area contributed by atoms with E-state index in [1.54, 1.807) is 30.3 Å². The van der Waals surface area contributed by atoms with Crippen molar-refractivity contribution < 1.29 is 14.3 Å². The maximum Gasteiger partial charge on any atom is 0.251 e. The molecule has 4 N–H and O–H groups in total. The van der Waals surface area contributed by atoms with E-state index < -0.39 is 5.82 Å². The average Bonchev–Trinajstić information content (AvgIpc) is 3.06. The lowest BCUT2D eigenvalue weighted by Gasteiger charge is -2.10. The lowest BCUT2D eigenvalue weighted by Crippen LogP contribution is -2.25. The SMILES string of the molecule is Nc1nnc(CCNC(=O)c2cc(F)cc(-c3ccccc3CO)c2)s1. The summed E-state index contributed by atoms with van der Waals surface area (Å²) in [6.07, 6.45) is 0.496. The smallest absolute Gasteiger partial charge is 0.251 e. The fourth-order valence-electron chi connectivity index (χ4n) is 2.57. The second kappa shape index (κ2) is 8.03. The van der Waals surface area contributed by atoms with E-state index in [2.05, 4.69) is 15.5 Å². The van der Waals surface area contributed by atoms with E-state index >= 15 is 0 Å². The Bertz CT molecular complexity index is 929. The minimum absolute atomic E-state index is 0.167. The largest absolute Gasteiger partial charge is 0.392 e. The van der Waals surface area contributed by atoms with E-state index in [1.807, 2.05) is 0 Å². The first-order valence-corrected chi connectivity index (χ1v) is 8.74. The third kappa shape index (κ3) is 4.22. The van der Waals surface area contributed by atoms with Crippen LogP contribution in [-0.4, -0.2) is 27.8 Å². The van der Waals surface area contributed by atoms with Crippen molar-refractivity contribution in [2.45, 2.75) is 13.0 Å². The molecular weight excluding hydrogens is 355 g/mol. The van der Waals surface area contributed by atoms with Crippen molar-refractivity contribution >= 4 is 22.4 Å². The molecule has 8 heteroatoms. The quantitative estimate of drug-likeness (QED) is 0.617. The molecule has 0 spiro atoms. The predicted molar refractivity (Wildman–Crippen MR) is 98.1 cm³/mol. The van der Waals surface area contributed by atoms with E-state index in [0.717, 1.165) is 5.01 Å². The topological polar surface area (TPSA) is 101 Å². The summed E-state index contributed by atoms with van der Waals surface area (Å²) >= 11 is 1.26. The van der Waals surface area contributed by atoms with Gasteiger partial charge in [-0.3, -0.25) is 4.79 Å². The van der Waals surface area contributed by atoms with Crippen molar-refractivity contribution in [2.24, 2.45) is 0 Å². The van der Waals surface area contributed by atoms with E-state index in [0.29, 0.717) is 34.8 Å². The maximum absolute atomic E-state index is 14.0. The van der Waals surface area contributed by atoms with Crippen LogP contribution in [0.15, 0.2) is 42.5 Å². The van der Waals surface area contributed by atoms with Gasteiger partial charge in [-0.15, -0.1) is 10.2 Å². The molecule has 3 rings (SSSR count). The van der Waals surface area contributed by atoms with Gasteiger partial charge in [0.05, 0.1) is 6.61 Å². The van der Waals surface area contributed by atoms with Crippen LogP contribution in [0.2, 0.25) is 0 Å². The van der Waals surface area contributed by atoms with E-state index in [-0.39, 0.29) is 18.1 Å². The average molecular weight is 372 g/mol. The first-order chi connectivity index (χ1) is 12.6. The van der Waals surface area contributed by atoms with Crippen LogP contribution in [0, 0.1) is 5.82 Å². The number of nitrogen functional groups attached to an aromatic ring is 1. The third-order valence-corrected chi connectivity index (χ3v) is 4.58. The molecule has 1 heterocycles. The highest BCUT2D eigenvalue weighted by Crippen LogP contribution is 2.26. The fraction of sp³-hybridized carbons (Fsp3) is 0.167. The molecule has 0 radical (unpaired) electrons. The van der Waals surface area contributed by atoms with E-state index in [9.17, 15) is 14.3 Å². The number of rotatable bonds is 6. The van der Waals surface area contributed by atoms with Crippen molar-refractivity contribution in [3.8, 4) is 11.1 Å². The third-order valence-electron chi connectivity index (χ3n) is 3.77. The summed E-state index contributed by atoms with van der Waals surface area (Å²) in [6.45, 7) is 0.172. The summed E-state index contributed by atoms with van der Waals surface area (Å²) in [7, 11) is 0. The lowest BCUT2D eigenvalue weighted by molar-refractivity contribution is 0.0953. The Morgan fingerprint density at radius 3 is 2.77 bits per heavy atom. The first-order valence-electron chi connectivity index (χ1n) is 7.92. The second-order valence-corrected chi connectivity index (χ2v) is 6.68. The molecule has 0 aliphatic heterocycles. The van der Waals surface area contributed by atoms with Gasteiger partial charge in [-0.1, -0.05) is 35.6 Å². The van der Waals surface area contributed by atoms with E-state index in [1.165, 1.54) is 23.5 Å². The fourth-order valence-corrected chi connectivity index (χ4v) is 3.18. The summed E-state index contributed by atoms with van der Waals surface area (Å²) in [5.41, 5.74) is 7.62. The Hall–Kier alpha value is -2.84. The number of hydrogen-bond acceptors (Lipinski definition) is 6. The Morgan fingerprint density at radius 1 is 1.23 bits per heavy atom. The van der Waals surface area contributed by atoms with Gasteiger partial charge in [0.15, 0.2) is 0 Å². The van der Waals surface area contributed by atoms with Gasteiger partial charge in [0.1, 0.15) is 10.8 Å². The highest BCUT2D eigenvalue weighted by Gasteiger charge is 2.12. The molecule has 0 saturated heterocycles. The zero-order valence-corrected chi connectivity index (χ0v) is 14.6. The molecule has 1 aromatic heterocycles. The molecule has 0 atom stereocenters. The van der Waals surface area contributed by atoms with Crippen LogP contribution in [0.25, 0.3) is 11.1 Å². The molecular formula is C18H17FN4O2S. The number of aliphatic hydroxyl groups excluding tert-OH is 1. The van der Waals surface area contributed by atoms with Gasteiger partial charge in [-0.2, -0.15) is 0 Å². The molecule has 0 bridgehead atoms. The molecule has 6 nitrogen and oxygen atoms in total. The summed E-state index contributed by atoms with van der Waals surface area (Å²) in [6, 6.07) is 11.3. The van der Waals surface area contributed by atoms with Crippen molar-refractivity contribution in [2.75, 3.05) is 12.3 Å².